The van der Waals surface area contributed by atoms with Crippen LogP contribution in [-0.4, -0.2) is 26.4 Å². The van der Waals surface area contributed by atoms with Crippen LogP contribution in [0.1, 0.15) is 49.7 Å². The summed E-state index contributed by atoms with van der Waals surface area (Å²) in [6.45, 7) is 11.2. The third kappa shape index (κ3) is 3.19. The zero-order valence-corrected chi connectivity index (χ0v) is 14.8. The third-order valence-electron chi connectivity index (χ3n) is 4.61. The number of carbonyl (C=O) groups is 1. The summed E-state index contributed by atoms with van der Waals surface area (Å²) in [4.78, 5) is 16.1. The topological polar surface area (TPSA) is 48.4 Å². The lowest BCUT2D eigenvalue weighted by atomic mass is 10.1. The second-order valence-corrected chi connectivity index (χ2v) is 12.0. The van der Waals surface area contributed by atoms with E-state index < -0.39 is 8.32 Å². The summed E-state index contributed by atoms with van der Waals surface area (Å²) in [5.74, 6) is -0.332. The monoisotopic (exact) mass is 307 g/mol. The van der Waals surface area contributed by atoms with Crippen molar-refractivity contribution >= 4 is 14.3 Å². The van der Waals surface area contributed by atoms with Crippen LogP contribution < -0.4 is 0 Å². The van der Waals surface area contributed by atoms with E-state index in [-0.39, 0.29) is 16.6 Å². The lowest BCUT2D eigenvalue weighted by Crippen LogP contribution is -2.44. The lowest BCUT2D eigenvalue weighted by molar-refractivity contribution is 0.0600. The van der Waals surface area contributed by atoms with E-state index in [0.29, 0.717) is 5.56 Å². The molecule has 1 aliphatic rings. The first-order valence-electron chi connectivity index (χ1n) is 7.36. The van der Waals surface area contributed by atoms with Crippen molar-refractivity contribution in [2.24, 2.45) is 0 Å². The van der Waals surface area contributed by atoms with Crippen molar-refractivity contribution in [2.45, 2.75) is 57.3 Å². The number of methoxy groups -OCH3 is 1. The third-order valence-corrected chi connectivity index (χ3v) is 9.12. The molecule has 2 rings (SSSR count). The van der Waals surface area contributed by atoms with Crippen molar-refractivity contribution in [3.8, 4) is 0 Å². The lowest BCUT2D eigenvalue weighted by Gasteiger charge is -2.39. The summed E-state index contributed by atoms with van der Waals surface area (Å²) in [7, 11) is -0.479. The Kier molecular flexibility index (Phi) is 4.01. The van der Waals surface area contributed by atoms with Crippen LogP contribution in [0.3, 0.4) is 0 Å². The summed E-state index contributed by atoms with van der Waals surface area (Å²) in [5.41, 5.74) is 1.09. The molecular weight excluding hydrogens is 282 g/mol. The maximum Gasteiger partial charge on any atom is 0.337 e. The van der Waals surface area contributed by atoms with Crippen molar-refractivity contribution in [1.82, 2.24) is 4.98 Å². The van der Waals surface area contributed by atoms with E-state index in [1.165, 1.54) is 7.11 Å². The molecule has 0 saturated heterocycles. The highest BCUT2D eigenvalue weighted by Crippen LogP contribution is 2.53. The highest BCUT2D eigenvalue weighted by atomic mass is 28.4. The molecule has 1 aliphatic carbocycles. The van der Waals surface area contributed by atoms with Crippen molar-refractivity contribution in [3.63, 3.8) is 0 Å². The SMILES string of the molecule is COC(=O)c1ccnc(C2(O[Si](C)(C)C(C)(C)C)CC2)c1. The van der Waals surface area contributed by atoms with Gasteiger partial charge in [0.2, 0.25) is 0 Å². The summed E-state index contributed by atoms with van der Waals surface area (Å²) in [6.07, 6.45) is 3.60. The Bertz CT molecular complexity index is 545. The predicted octanol–water partition coefficient (Wildman–Crippen LogP) is 3.88. The van der Waals surface area contributed by atoms with Gasteiger partial charge in [0.1, 0.15) is 0 Å². The van der Waals surface area contributed by atoms with Crippen LogP contribution >= 0.6 is 0 Å². The minimum atomic E-state index is -1.87. The maximum atomic E-state index is 11.7. The van der Waals surface area contributed by atoms with Crippen LogP contribution in [0.25, 0.3) is 0 Å². The minimum absolute atomic E-state index is 0.155. The molecule has 1 saturated carbocycles. The molecule has 1 aromatic rings. The molecular formula is C16H25NO3Si. The van der Waals surface area contributed by atoms with Gasteiger partial charge in [0.05, 0.1) is 24.0 Å². The maximum absolute atomic E-state index is 11.7. The standard InChI is InChI=1S/C16H25NO3Si/c1-15(2,3)21(5,6)20-16(8-9-16)13-11-12(7-10-17-13)14(18)19-4/h7,10-11H,8-9H2,1-6H3. The molecule has 0 N–H and O–H groups in total. The predicted molar refractivity (Wildman–Crippen MR) is 84.8 cm³/mol. The van der Waals surface area contributed by atoms with Crippen LogP contribution in [0, 0.1) is 0 Å². The molecule has 21 heavy (non-hydrogen) atoms. The van der Waals surface area contributed by atoms with E-state index in [1.807, 2.05) is 6.07 Å². The molecule has 0 amide bonds. The smallest absolute Gasteiger partial charge is 0.337 e. The first-order chi connectivity index (χ1) is 9.61. The van der Waals surface area contributed by atoms with Gasteiger partial charge in [-0.25, -0.2) is 4.79 Å². The molecule has 0 spiro atoms. The van der Waals surface area contributed by atoms with Crippen molar-refractivity contribution in [3.05, 3.63) is 29.6 Å². The first kappa shape index (κ1) is 16.2. The van der Waals surface area contributed by atoms with E-state index >= 15 is 0 Å². The molecule has 0 radical (unpaired) electrons. The van der Waals surface area contributed by atoms with E-state index in [1.54, 1.807) is 12.3 Å². The zero-order chi connectivity index (χ0) is 15.9. The van der Waals surface area contributed by atoms with Gasteiger partial charge >= 0.3 is 5.97 Å². The van der Waals surface area contributed by atoms with Gasteiger partial charge in [-0.1, -0.05) is 20.8 Å². The molecule has 1 heterocycles. The molecule has 0 bridgehead atoms. The van der Waals surface area contributed by atoms with Crippen molar-refractivity contribution in [2.75, 3.05) is 7.11 Å². The van der Waals surface area contributed by atoms with Crippen LogP contribution in [0.2, 0.25) is 18.1 Å². The Morgan fingerprint density at radius 3 is 2.43 bits per heavy atom. The van der Waals surface area contributed by atoms with Crippen LogP contribution in [0.15, 0.2) is 18.3 Å². The summed E-state index contributed by atoms with van der Waals surface area (Å²) in [5, 5.41) is 0.155. The van der Waals surface area contributed by atoms with E-state index in [2.05, 4.69) is 38.8 Å². The normalized spacial score (nSPS) is 17.4. The first-order valence-corrected chi connectivity index (χ1v) is 10.3. The van der Waals surface area contributed by atoms with Gasteiger partial charge in [-0.3, -0.25) is 4.98 Å². The molecule has 5 heteroatoms. The van der Waals surface area contributed by atoms with Crippen LogP contribution in [0.4, 0.5) is 0 Å². The van der Waals surface area contributed by atoms with Gasteiger partial charge in [0.15, 0.2) is 8.32 Å². The quantitative estimate of drug-likeness (QED) is 0.625. The fourth-order valence-corrected chi connectivity index (χ4v) is 3.68. The molecule has 0 aromatic carbocycles. The molecule has 116 valence electrons. The Morgan fingerprint density at radius 1 is 1.33 bits per heavy atom. The molecule has 0 aliphatic heterocycles. The number of nitrogens with zero attached hydrogens (tertiary/aromatic N) is 1. The van der Waals surface area contributed by atoms with E-state index in [4.69, 9.17) is 9.16 Å². The van der Waals surface area contributed by atoms with Crippen LogP contribution in [-0.2, 0) is 14.8 Å². The van der Waals surface area contributed by atoms with Gasteiger partial charge in [-0.05, 0) is 43.1 Å². The highest BCUT2D eigenvalue weighted by molar-refractivity contribution is 6.74. The number of ether oxygens (including phenoxy) is 1. The number of pyridine rings is 1. The van der Waals surface area contributed by atoms with Gasteiger partial charge in [-0.2, -0.15) is 0 Å². The molecule has 0 atom stereocenters. The number of hydrogen-bond donors (Lipinski definition) is 0. The Hall–Kier alpha value is -1.20. The van der Waals surface area contributed by atoms with E-state index in [9.17, 15) is 4.79 Å². The van der Waals surface area contributed by atoms with Gasteiger partial charge in [0.25, 0.3) is 0 Å². The Morgan fingerprint density at radius 2 is 1.95 bits per heavy atom. The van der Waals surface area contributed by atoms with Gasteiger partial charge in [0, 0.05) is 6.20 Å². The summed E-state index contributed by atoms with van der Waals surface area (Å²) < 4.78 is 11.4. The van der Waals surface area contributed by atoms with Gasteiger partial charge in [-0.15, -0.1) is 0 Å². The average Bonchev–Trinajstić information content (AvgIpc) is 3.17. The number of rotatable bonds is 4. The van der Waals surface area contributed by atoms with Crippen molar-refractivity contribution < 1.29 is 14.0 Å². The fourth-order valence-electron chi connectivity index (χ4n) is 2.09. The number of carbonyl (C=O) groups excluding carboxylic acids is 1. The second-order valence-electron chi connectivity index (χ2n) is 7.28. The largest absolute Gasteiger partial charge is 0.465 e. The Labute approximate surface area is 128 Å². The molecule has 0 unspecified atom stereocenters. The molecule has 1 aromatic heterocycles. The molecule has 1 fully saturated rings. The van der Waals surface area contributed by atoms with Crippen molar-refractivity contribution in [1.29, 1.82) is 0 Å². The Balaban J connectivity index is 2.27. The number of esters is 1. The average molecular weight is 307 g/mol. The number of aromatic nitrogens is 1. The fraction of sp³-hybridized carbons (Fsp3) is 0.625. The highest BCUT2D eigenvalue weighted by Gasteiger charge is 2.53. The summed E-state index contributed by atoms with van der Waals surface area (Å²) in [6, 6.07) is 3.49. The molecule has 4 nitrogen and oxygen atoms in total. The zero-order valence-electron chi connectivity index (χ0n) is 13.8. The number of hydrogen-bond acceptors (Lipinski definition) is 4. The summed E-state index contributed by atoms with van der Waals surface area (Å²) >= 11 is 0. The van der Waals surface area contributed by atoms with Crippen LogP contribution in [0.5, 0.6) is 0 Å². The van der Waals surface area contributed by atoms with Gasteiger partial charge < -0.3 is 9.16 Å². The minimum Gasteiger partial charge on any atom is -0.465 e. The second kappa shape index (κ2) is 5.21. The van der Waals surface area contributed by atoms with E-state index in [0.717, 1.165) is 18.5 Å².